The number of aromatic amines is 3. The van der Waals surface area contributed by atoms with Crippen molar-refractivity contribution in [2.45, 2.75) is 77.0 Å². The molecule has 0 radical (unpaired) electrons. The fraction of sp³-hybridized carbons (Fsp3) is 0.364. The molecule has 6 heterocycles. The third-order valence-corrected chi connectivity index (χ3v) is 9.58. The van der Waals surface area contributed by atoms with E-state index >= 15 is 0 Å². The van der Waals surface area contributed by atoms with E-state index in [4.69, 9.17) is 5.41 Å². The van der Waals surface area contributed by atoms with Gasteiger partial charge in [-0.1, -0.05) is 13.8 Å². The van der Waals surface area contributed by atoms with Crippen molar-refractivity contribution in [3.05, 3.63) is 99.2 Å². The minimum absolute atomic E-state index is 0.0520. The fourth-order valence-corrected chi connectivity index (χ4v) is 6.44. The Kier molecular flexibility index (Phi) is 5.02. The third kappa shape index (κ3) is 3.12. The number of rotatable bonds is 0. The standard InChI is InChI=1S/C33H35N7/c1-30(2)20-15-27(40-28(20)18(16-34)19(17-35)29(40)36)33(7,8)26-14-13-25(39-26)32(5,6)24-12-11-23(38-24)31(3,4)22-10-9-21(30)37-22/h9-15,36-39H,1-8H3. The number of nitriles is 2. The molecule has 7 heteroatoms. The number of hydrogen-bond acceptors (Lipinski definition) is 3. The monoisotopic (exact) mass is 529 g/mol. The minimum atomic E-state index is -0.559. The van der Waals surface area contributed by atoms with Crippen molar-refractivity contribution in [2.24, 2.45) is 0 Å². The molecule has 202 valence electrons. The summed E-state index contributed by atoms with van der Waals surface area (Å²) in [7, 11) is 0. The molecule has 6 rings (SSSR count). The Morgan fingerprint density at radius 1 is 0.600 bits per heavy atom. The molecule has 0 atom stereocenters. The average molecular weight is 530 g/mol. The topological polar surface area (TPSA) is 124 Å². The third-order valence-electron chi connectivity index (χ3n) is 9.58. The summed E-state index contributed by atoms with van der Waals surface area (Å²) in [6, 6.07) is 19.4. The van der Waals surface area contributed by atoms with Gasteiger partial charge in [-0.3, -0.25) is 9.98 Å². The molecule has 0 amide bonds. The summed E-state index contributed by atoms with van der Waals surface area (Å²) < 4.78 is 1.82. The predicted octanol–water partition coefficient (Wildman–Crippen LogP) is 6.73. The quantitative estimate of drug-likeness (QED) is 0.202. The van der Waals surface area contributed by atoms with Crippen molar-refractivity contribution < 1.29 is 0 Å². The van der Waals surface area contributed by atoms with Gasteiger partial charge in [-0.2, -0.15) is 10.5 Å². The van der Waals surface area contributed by atoms with Crippen LogP contribution in [0.25, 0.3) is 5.57 Å². The van der Waals surface area contributed by atoms with Crippen LogP contribution in [0.4, 0.5) is 0 Å². The molecule has 7 nitrogen and oxygen atoms in total. The molecule has 0 fully saturated rings. The Hall–Kier alpha value is -4.49. The van der Waals surface area contributed by atoms with Crippen LogP contribution in [0.2, 0.25) is 0 Å². The maximum atomic E-state index is 10.2. The van der Waals surface area contributed by atoms with E-state index in [1.807, 2.05) is 4.57 Å². The van der Waals surface area contributed by atoms with E-state index in [0.717, 1.165) is 45.4 Å². The SMILES string of the molecule is CC1(C)c2ccc([nH]2)C(C)(C)c2ccc([nH]2)C(C)(C)c2cc(c3n2C(=N)C(C#N)=C3C#N)C(C)(C)c2ccc1[nH]2. The first kappa shape index (κ1) is 25.8. The van der Waals surface area contributed by atoms with Gasteiger partial charge in [-0.15, -0.1) is 0 Å². The van der Waals surface area contributed by atoms with Crippen LogP contribution in [0.3, 0.4) is 0 Å². The molecule has 40 heavy (non-hydrogen) atoms. The Labute approximate surface area is 235 Å². The van der Waals surface area contributed by atoms with E-state index in [1.165, 1.54) is 0 Å². The lowest BCUT2D eigenvalue weighted by molar-refractivity contribution is 0.554. The van der Waals surface area contributed by atoms with Gasteiger partial charge in [0.25, 0.3) is 0 Å². The zero-order valence-electron chi connectivity index (χ0n) is 24.4. The van der Waals surface area contributed by atoms with E-state index in [0.29, 0.717) is 5.69 Å². The number of allylic oxidation sites excluding steroid dienone is 2. The molecule has 4 aromatic rings. The molecule has 8 bridgehead atoms. The molecule has 0 aromatic carbocycles. The highest BCUT2D eigenvalue weighted by molar-refractivity contribution is 6.16. The zero-order chi connectivity index (χ0) is 29.0. The second kappa shape index (κ2) is 7.79. The molecule has 2 aliphatic heterocycles. The summed E-state index contributed by atoms with van der Waals surface area (Å²) >= 11 is 0. The molecule has 0 spiro atoms. The van der Waals surface area contributed by atoms with Gasteiger partial charge in [0.1, 0.15) is 23.5 Å². The molecular weight excluding hydrogens is 494 g/mol. The second-order valence-electron chi connectivity index (χ2n) is 13.3. The zero-order valence-corrected chi connectivity index (χ0v) is 24.4. The molecule has 0 aliphatic carbocycles. The van der Waals surface area contributed by atoms with Crippen molar-refractivity contribution in [3.8, 4) is 12.1 Å². The van der Waals surface area contributed by atoms with E-state index < -0.39 is 10.8 Å². The van der Waals surface area contributed by atoms with Gasteiger partial charge in [-0.05, 0) is 89.6 Å². The summed E-state index contributed by atoms with van der Waals surface area (Å²) in [5.74, 6) is 0.0520. The maximum Gasteiger partial charge on any atom is 0.149 e. The number of hydrogen-bond donors (Lipinski definition) is 4. The number of H-pyrrole nitrogens is 3. The highest BCUT2D eigenvalue weighted by atomic mass is 15.1. The number of nitrogens with one attached hydrogen (secondary N) is 4. The summed E-state index contributed by atoms with van der Waals surface area (Å²) in [6.07, 6.45) is 0. The number of nitrogens with zero attached hydrogens (tertiary/aromatic N) is 3. The van der Waals surface area contributed by atoms with Gasteiger partial charge in [0.05, 0.1) is 11.3 Å². The van der Waals surface area contributed by atoms with Crippen LogP contribution in [0, 0.1) is 28.1 Å². The van der Waals surface area contributed by atoms with Crippen LogP contribution in [-0.2, 0) is 21.7 Å². The average Bonchev–Trinajstić information content (AvgIpc) is 3.70. The molecule has 4 N–H and O–H groups in total. The molecule has 2 aliphatic rings. The normalized spacial score (nSPS) is 19.7. The van der Waals surface area contributed by atoms with Crippen LogP contribution in [0.15, 0.2) is 48.0 Å². The Balaban J connectivity index is 1.71. The van der Waals surface area contributed by atoms with Gasteiger partial charge >= 0.3 is 0 Å². The highest BCUT2D eigenvalue weighted by Crippen LogP contribution is 2.47. The first-order valence-electron chi connectivity index (χ1n) is 13.7. The highest BCUT2D eigenvalue weighted by Gasteiger charge is 2.43. The fourth-order valence-electron chi connectivity index (χ4n) is 6.44. The Bertz CT molecular complexity index is 1840. The van der Waals surface area contributed by atoms with Gasteiger partial charge in [0, 0.05) is 61.5 Å². The van der Waals surface area contributed by atoms with Crippen molar-refractivity contribution >= 4 is 11.4 Å². The van der Waals surface area contributed by atoms with Crippen LogP contribution in [0.1, 0.15) is 107 Å². The Morgan fingerprint density at radius 2 is 0.975 bits per heavy atom. The first-order chi connectivity index (χ1) is 18.7. The van der Waals surface area contributed by atoms with Crippen LogP contribution in [-0.4, -0.2) is 25.4 Å². The molecule has 0 saturated carbocycles. The van der Waals surface area contributed by atoms with Crippen molar-refractivity contribution in [3.63, 3.8) is 0 Å². The molecular formula is C33H35N7. The lowest BCUT2D eigenvalue weighted by atomic mass is 9.78. The van der Waals surface area contributed by atoms with Crippen LogP contribution < -0.4 is 0 Å². The second-order valence-corrected chi connectivity index (χ2v) is 13.3. The summed E-state index contributed by atoms with van der Waals surface area (Å²) in [5, 5.41) is 29.2. The van der Waals surface area contributed by atoms with E-state index in [9.17, 15) is 10.5 Å². The molecule has 4 aromatic heterocycles. The first-order valence-corrected chi connectivity index (χ1v) is 13.7. The van der Waals surface area contributed by atoms with E-state index in [-0.39, 0.29) is 27.8 Å². The van der Waals surface area contributed by atoms with Crippen molar-refractivity contribution in [2.75, 3.05) is 0 Å². The largest absolute Gasteiger partial charge is 0.361 e. The van der Waals surface area contributed by atoms with E-state index in [2.05, 4.69) is 125 Å². The van der Waals surface area contributed by atoms with Gasteiger partial charge in [0.15, 0.2) is 0 Å². The minimum Gasteiger partial charge on any atom is -0.361 e. The molecule has 0 unspecified atom stereocenters. The van der Waals surface area contributed by atoms with Crippen LogP contribution in [0.5, 0.6) is 0 Å². The lowest BCUT2D eigenvalue weighted by Gasteiger charge is -2.28. The molecule has 0 saturated heterocycles. The van der Waals surface area contributed by atoms with Gasteiger partial charge < -0.3 is 15.0 Å². The van der Waals surface area contributed by atoms with Crippen LogP contribution >= 0.6 is 0 Å². The van der Waals surface area contributed by atoms with Crippen molar-refractivity contribution in [1.82, 2.24) is 19.5 Å². The smallest absolute Gasteiger partial charge is 0.149 e. The number of fused-ring (bicyclic) bond motifs is 11. The van der Waals surface area contributed by atoms with Gasteiger partial charge in [0.2, 0.25) is 0 Å². The summed E-state index contributed by atoms with van der Waals surface area (Å²) in [6.45, 7) is 17.4. The summed E-state index contributed by atoms with van der Waals surface area (Å²) in [5.41, 5.74) is 7.45. The lowest BCUT2D eigenvalue weighted by Crippen LogP contribution is -2.27. The Morgan fingerprint density at radius 3 is 1.38 bits per heavy atom. The van der Waals surface area contributed by atoms with Gasteiger partial charge in [-0.25, -0.2) is 0 Å². The van der Waals surface area contributed by atoms with Crippen molar-refractivity contribution in [1.29, 1.82) is 15.9 Å². The summed E-state index contributed by atoms with van der Waals surface area (Å²) in [4.78, 5) is 11.2. The number of aromatic nitrogens is 4. The maximum absolute atomic E-state index is 10.2. The van der Waals surface area contributed by atoms with E-state index in [1.54, 1.807) is 0 Å². The predicted molar refractivity (Wildman–Crippen MR) is 157 cm³/mol.